The summed E-state index contributed by atoms with van der Waals surface area (Å²) in [7, 11) is 1.44. The largest absolute Gasteiger partial charge is 0.465 e. The van der Waals surface area contributed by atoms with Gasteiger partial charge in [0.2, 0.25) is 0 Å². The quantitative estimate of drug-likeness (QED) is 0.0931. The molecule has 0 aliphatic carbocycles. The van der Waals surface area contributed by atoms with E-state index in [0.717, 1.165) is 12.8 Å². The summed E-state index contributed by atoms with van der Waals surface area (Å²) >= 11 is 0. The number of hydrogen-bond acceptors (Lipinski definition) is 2. The van der Waals surface area contributed by atoms with Crippen molar-refractivity contribution in [1.82, 2.24) is 0 Å². The molecule has 0 amide bonds. The van der Waals surface area contributed by atoms with Gasteiger partial charge in [-0.25, -0.2) is 4.79 Å². The maximum atomic E-state index is 11.3. The summed E-state index contributed by atoms with van der Waals surface area (Å²) in [6.45, 7) is 2.29. The van der Waals surface area contributed by atoms with Crippen LogP contribution >= 0.6 is 0 Å². The topological polar surface area (TPSA) is 53.9 Å². The predicted molar refractivity (Wildman–Crippen MR) is 137 cm³/mol. The molecule has 0 rings (SSSR count). The van der Waals surface area contributed by atoms with Gasteiger partial charge in [0, 0.05) is 6.42 Å². The highest BCUT2D eigenvalue weighted by molar-refractivity contribution is 5.73. The molecule has 31 heavy (non-hydrogen) atoms. The second-order valence-corrected chi connectivity index (χ2v) is 9.43. The molecule has 0 spiro atoms. The Morgan fingerprint density at radius 3 is 1.10 bits per heavy atom. The van der Waals surface area contributed by atoms with E-state index in [1.165, 1.54) is 142 Å². The Balaban J connectivity index is 0. The van der Waals surface area contributed by atoms with Crippen LogP contribution in [0.4, 0.5) is 0 Å². The van der Waals surface area contributed by atoms with Crippen LogP contribution in [0.25, 0.3) is 0 Å². The van der Waals surface area contributed by atoms with Crippen molar-refractivity contribution >= 4 is 5.97 Å². The Labute approximate surface area is 196 Å². The van der Waals surface area contributed by atoms with Crippen LogP contribution in [0.3, 0.4) is 0 Å². The van der Waals surface area contributed by atoms with Crippen LogP contribution in [0.2, 0.25) is 0 Å². The number of quaternary nitrogens is 1. The smallest absolute Gasteiger partial charge is 0.364 e. The van der Waals surface area contributed by atoms with Crippen LogP contribution in [-0.4, -0.2) is 19.1 Å². The molecule has 1 atom stereocenters. The predicted octanol–water partition coefficient (Wildman–Crippen LogP) is 8.21. The van der Waals surface area contributed by atoms with E-state index in [-0.39, 0.29) is 19.4 Å². The van der Waals surface area contributed by atoms with Gasteiger partial charge in [-0.2, -0.15) is 0 Å². The average Bonchev–Trinajstić information content (AvgIpc) is 2.76. The minimum atomic E-state index is -0.180. The maximum Gasteiger partial charge on any atom is 0.364 e. The van der Waals surface area contributed by atoms with Crippen LogP contribution in [-0.2, 0) is 9.53 Å². The fourth-order valence-electron chi connectivity index (χ4n) is 4.28. The molecule has 0 bridgehead atoms. The number of unbranched alkanes of at least 4 members (excludes halogenated alkanes) is 21. The number of hydrogen-bond donors (Lipinski definition) is 1. The zero-order chi connectivity index (χ0) is 22.1. The zero-order valence-corrected chi connectivity index (χ0v) is 21.9. The van der Waals surface area contributed by atoms with E-state index in [2.05, 4.69) is 12.7 Å². The fraction of sp³-hybridized carbons (Fsp3) is 0.929. The fourth-order valence-corrected chi connectivity index (χ4v) is 4.28. The van der Waals surface area contributed by atoms with E-state index < -0.39 is 0 Å². The van der Waals surface area contributed by atoms with E-state index >= 15 is 0 Å². The zero-order valence-electron chi connectivity index (χ0n) is 21.9. The number of esters is 1. The molecule has 0 fully saturated rings. The highest BCUT2D eigenvalue weighted by Crippen LogP contribution is 2.15. The van der Waals surface area contributed by atoms with Crippen molar-refractivity contribution in [2.75, 3.05) is 7.11 Å². The van der Waals surface area contributed by atoms with Gasteiger partial charge in [-0.3, -0.25) is 0 Å². The van der Waals surface area contributed by atoms with Crippen molar-refractivity contribution in [1.29, 1.82) is 0 Å². The normalized spacial score (nSPS) is 11.8. The summed E-state index contributed by atoms with van der Waals surface area (Å²) in [4.78, 5) is 11.3. The van der Waals surface area contributed by atoms with Crippen molar-refractivity contribution in [2.24, 2.45) is 0 Å². The minimum absolute atomic E-state index is 0. The molecule has 1 unspecified atom stereocenters. The van der Waals surface area contributed by atoms with E-state index in [1.54, 1.807) is 0 Å². The molecular formula is C28H59NO2. The first-order valence-electron chi connectivity index (χ1n) is 13.6. The number of ether oxygens (including phenoxy) is 1. The number of rotatable bonds is 24. The molecule has 0 heterocycles. The van der Waals surface area contributed by atoms with Crippen molar-refractivity contribution < 1.29 is 15.3 Å². The molecule has 3 nitrogen and oxygen atoms in total. The Kier molecular flexibility index (Phi) is 28.9. The summed E-state index contributed by atoms with van der Waals surface area (Å²) in [5, 5.41) is 0. The number of carbonyl (C=O) groups excluding carboxylic acids is 1. The lowest BCUT2D eigenvalue weighted by Gasteiger charge is -2.06. The molecule has 0 saturated carbocycles. The van der Waals surface area contributed by atoms with E-state index in [1.807, 2.05) is 0 Å². The molecule has 0 saturated heterocycles. The standard InChI is InChI=1S/C27H55NO2.CH3/c1-3-4-5-6-7-8-9-10-11-12-13-14-15-16-17-18-19-20-21-22-23-24-25-26(28)27(29)30-2;/h26H,3-25,28H2,1-2H3;1H3/q;-1/p+1. The van der Waals surface area contributed by atoms with E-state index in [0.29, 0.717) is 0 Å². The first-order valence-corrected chi connectivity index (χ1v) is 13.6. The lowest BCUT2D eigenvalue weighted by molar-refractivity contribution is -0.409. The molecule has 0 aliphatic rings. The first-order chi connectivity index (χ1) is 14.7. The highest BCUT2D eigenvalue weighted by atomic mass is 16.5. The van der Waals surface area contributed by atoms with Gasteiger partial charge in [0.15, 0.2) is 6.04 Å². The minimum Gasteiger partial charge on any atom is -0.465 e. The molecular weight excluding hydrogens is 382 g/mol. The Hall–Kier alpha value is -0.570. The molecule has 3 heteroatoms. The number of methoxy groups -OCH3 is 1. The molecule has 0 aromatic heterocycles. The van der Waals surface area contributed by atoms with Crippen LogP contribution in [0, 0.1) is 7.43 Å². The van der Waals surface area contributed by atoms with Gasteiger partial charge < -0.3 is 17.9 Å². The third-order valence-electron chi connectivity index (χ3n) is 6.44. The lowest BCUT2D eigenvalue weighted by Crippen LogP contribution is -2.65. The summed E-state index contributed by atoms with van der Waals surface area (Å²) in [5.41, 5.74) is 3.86. The molecule has 0 radical (unpaired) electrons. The number of carbonyl (C=O) groups is 1. The van der Waals surface area contributed by atoms with Gasteiger partial charge in [0.1, 0.15) is 0 Å². The summed E-state index contributed by atoms with van der Waals surface area (Å²) in [5.74, 6) is -0.168. The molecule has 0 aliphatic heterocycles. The Morgan fingerprint density at radius 1 is 0.581 bits per heavy atom. The van der Waals surface area contributed by atoms with E-state index in [4.69, 9.17) is 4.74 Å². The third-order valence-corrected chi connectivity index (χ3v) is 6.44. The van der Waals surface area contributed by atoms with Crippen molar-refractivity contribution in [3.63, 3.8) is 0 Å². The summed E-state index contributed by atoms with van der Waals surface area (Å²) < 4.78 is 4.71. The van der Waals surface area contributed by atoms with Crippen LogP contribution < -0.4 is 5.73 Å². The first kappa shape index (κ1) is 32.6. The van der Waals surface area contributed by atoms with Crippen LogP contribution in [0.15, 0.2) is 0 Å². The molecule has 0 aromatic rings. The van der Waals surface area contributed by atoms with Gasteiger partial charge in [0.05, 0.1) is 7.11 Å². The van der Waals surface area contributed by atoms with Gasteiger partial charge in [-0.05, 0) is 6.42 Å². The second kappa shape index (κ2) is 27.5. The van der Waals surface area contributed by atoms with Crippen molar-refractivity contribution in [3.8, 4) is 0 Å². The van der Waals surface area contributed by atoms with Gasteiger partial charge in [-0.15, -0.1) is 0 Å². The van der Waals surface area contributed by atoms with Crippen LogP contribution in [0.1, 0.15) is 155 Å². The molecule has 3 N–H and O–H groups in total. The molecule has 188 valence electrons. The van der Waals surface area contributed by atoms with Crippen molar-refractivity contribution in [3.05, 3.63) is 7.43 Å². The SMILES string of the molecule is CCCCCCCCCCCCCCCCCCCCCCCCC([NH3+])C(=O)OC.[CH3-]. The molecule has 0 aromatic carbocycles. The monoisotopic (exact) mass is 441 g/mol. The highest BCUT2D eigenvalue weighted by Gasteiger charge is 2.16. The maximum absolute atomic E-state index is 11.3. The third kappa shape index (κ3) is 25.6. The second-order valence-electron chi connectivity index (χ2n) is 9.43. The average molecular weight is 442 g/mol. The van der Waals surface area contributed by atoms with E-state index in [9.17, 15) is 4.79 Å². The Bertz CT molecular complexity index is 346. The van der Waals surface area contributed by atoms with Crippen molar-refractivity contribution in [2.45, 2.75) is 161 Å². The summed E-state index contributed by atoms with van der Waals surface area (Å²) in [6.07, 6.45) is 31.8. The van der Waals surface area contributed by atoms with Gasteiger partial charge in [-0.1, -0.05) is 142 Å². The Morgan fingerprint density at radius 2 is 0.839 bits per heavy atom. The summed E-state index contributed by atoms with van der Waals surface area (Å²) in [6, 6.07) is -0.180. The van der Waals surface area contributed by atoms with Gasteiger partial charge in [0.25, 0.3) is 0 Å². The van der Waals surface area contributed by atoms with Crippen LogP contribution in [0.5, 0.6) is 0 Å². The lowest BCUT2D eigenvalue weighted by atomic mass is 10.0. The van der Waals surface area contributed by atoms with Gasteiger partial charge >= 0.3 is 5.97 Å².